The number of rotatable bonds is 1. The second-order valence-electron chi connectivity index (χ2n) is 5.75. The summed E-state index contributed by atoms with van der Waals surface area (Å²) in [7, 11) is 0. The van der Waals surface area contributed by atoms with Crippen LogP contribution in [0, 0.1) is 0 Å². The van der Waals surface area contributed by atoms with Gasteiger partial charge in [0.15, 0.2) is 0 Å². The first-order valence-electron chi connectivity index (χ1n) is 7.49. The molecule has 2 aromatic heterocycles. The maximum Gasteiger partial charge on any atom is 0.416 e. The number of thiophene rings is 1. The number of halogens is 4. The number of hydrogen-bond acceptors (Lipinski definition) is 3. The molecule has 4 nitrogen and oxygen atoms in total. The molecule has 1 aliphatic heterocycles. The van der Waals surface area contributed by atoms with Crippen LogP contribution in [-0.2, 0) is 12.6 Å². The fourth-order valence-electron chi connectivity index (χ4n) is 2.97. The number of aryl methyl sites for hydroxylation is 1. The van der Waals surface area contributed by atoms with Crippen molar-refractivity contribution in [3.05, 3.63) is 45.6 Å². The third-order valence-corrected chi connectivity index (χ3v) is 5.84. The summed E-state index contributed by atoms with van der Waals surface area (Å²) >= 11 is 7.28. The van der Waals surface area contributed by atoms with Gasteiger partial charge in [-0.3, -0.25) is 9.89 Å². The van der Waals surface area contributed by atoms with Crippen molar-refractivity contribution in [1.82, 2.24) is 10.2 Å². The molecule has 9 heteroatoms. The number of benzene rings is 1. The van der Waals surface area contributed by atoms with Crippen LogP contribution in [0.4, 0.5) is 18.9 Å². The fourth-order valence-corrected chi connectivity index (χ4v) is 4.47. The predicted octanol–water partition coefficient (Wildman–Crippen LogP) is 4.89. The van der Waals surface area contributed by atoms with Gasteiger partial charge in [-0.05, 0) is 25.0 Å². The minimum atomic E-state index is -4.44. The van der Waals surface area contributed by atoms with Crippen LogP contribution in [0.25, 0.3) is 10.1 Å². The van der Waals surface area contributed by atoms with E-state index in [9.17, 15) is 18.0 Å². The molecule has 0 saturated carbocycles. The molecule has 0 fully saturated rings. The second kappa shape index (κ2) is 5.74. The number of nitrogens with zero attached hydrogens (tertiary/aromatic N) is 2. The summed E-state index contributed by atoms with van der Waals surface area (Å²) in [6.07, 6.45) is -1.28. The van der Waals surface area contributed by atoms with E-state index < -0.39 is 11.7 Å². The lowest BCUT2D eigenvalue weighted by Gasteiger charge is -2.25. The summed E-state index contributed by atoms with van der Waals surface area (Å²) in [6.45, 7) is 0.518. The zero-order chi connectivity index (χ0) is 17.8. The molecule has 0 spiro atoms. The summed E-state index contributed by atoms with van der Waals surface area (Å²) in [6, 6.07) is 3.32. The van der Waals surface area contributed by atoms with Crippen LogP contribution in [0.15, 0.2) is 24.4 Å². The maximum atomic E-state index is 12.9. The van der Waals surface area contributed by atoms with E-state index in [2.05, 4.69) is 10.2 Å². The molecule has 3 heterocycles. The molecule has 1 aromatic carbocycles. The van der Waals surface area contributed by atoms with Gasteiger partial charge in [-0.1, -0.05) is 17.7 Å². The summed E-state index contributed by atoms with van der Waals surface area (Å²) in [4.78, 5) is 14.7. The Bertz CT molecular complexity index is 979. The average Bonchev–Trinajstić information content (AvgIpc) is 3.17. The first kappa shape index (κ1) is 16.4. The summed E-state index contributed by atoms with van der Waals surface area (Å²) in [5.41, 5.74) is 0.809. The van der Waals surface area contributed by atoms with Crippen LogP contribution in [0.1, 0.15) is 27.3 Å². The van der Waals surface area contributed by atoms with Gasteiger partial charge < -0.3 is 4.90 Å². The molecule has 0 radical (unpaired) electrons. The van der Waals surface area contributed by atoms with Gasteiger partial charge in [0.1, 0.15) is 4.88 Å². The summed E-state index contributed by atoms with van der Waals surface area (Å²) in [5.74, 6) is -0.317. The van der Waals surface area contributed by atoms with Crippen LogP contribution in [-0.4, -0.2) is 22.6 Å². The number of aromatic amines is 1. The van der Waals surface area contributed by atoms with E-state index >= 15 is 0 Å². The second-order valence-corrected chi connectivity index (χ2v) is 7.18. The number of H-pyrrole nitrogens is 1. The van der Waals surface area contributed by atoms with Gasteiger partial charge in [0.25, 0.3) is 5.91 Å². The average molecular weight is 386 g/mol. The Morgan fingerprint density at radius 1 is 1.36 bits per heavy atom. The van der Waals surface area contributed by atoms with Crippen molar-refractivity contribution in [3.63, 3.8) is 0 Å². The van der Waals surface area contributed by atoms with Crippen molar-refractivity contribution >= 4 is 44.6 Å². The molecular formula is C16H11ClF3N3OS. The van der Waals surface area contributed by atoms with Crippen molar-refractivity contribution in [1.29, 1.82) is 0 Å². The van der Waals surface area contributed by atoms with E-state index in [-0.39, 0.29) is 15.8 Å². The number of alkyl halides is 3. The monoisotopic (exact) mass is 385 g/mol. The zero-order valence-corrected chi connectivity index (χ0v) is 14.2. The number of fused-ring (bicyclic) bond motifs is 2. The Balaban J connectivity index is 1.77. The third kappa shape index (κ3) is 2.69. The molecule has 1 aliphatic rings. The fraction of sp³-hybridized carbons (Fsp3) is 0.250. The Kier molecular flexibility index (Phi) is 3.77. The van der Waals surface area contributed by atoms with Crippen molar-refractivity contribution in [2.45, 2.75) is 19.0 Å². The number of aromatic nitrogens is 2. The molecule has 0 unspecified atom stereocenters. The molecule has 25 heavy (non-hydrogen) atoms. The Morgan fingerprint density at radius 3 is 2.92 bits per heavy atom. The largest absolute Gasteiger partial charge is 0.416 e. The van der Waals surface area contributed by atoms with Crippen molar-refractivity contribution in [3.8, 4) is 0 Å². The van der Waals surface area contributed by atoms with Crippen LogP contribution < -0.4 is 4.90 Å². The van der Waals surface area contributed by atoms with Crippen LogP contribution in [0.3, 0.4) is 0 Å². The van der Waals surface area contributed by atoms with E-state index in [1.165, 1.54) is 6.07 Å². The van der Waals surface area contributed by atoms with E-state index in [0.29, 0.717) is 22.3 Å². The molecular weight excluding hydrogens is 375 g/mol. The predicted molar refractivity (Wildman–Crippen MR) is 90.4 cm³/mol. The van der Waals surface area contributed by atoms with Gasteiger partial charge in [0, 0.05) is 16.6 Å². The van der Waals surface area contributed by atoms with Gasteiger partial charge in [-0.25, -0.2) is 0 Å². The Labute approximate surface area is 149 Å². The topological polar surface area (TPSA) is 49.0 Å². The maximum absolute atomic E-state index is 12.9. The number of carbonyl (C=O) groups is 1. The van der Waals surface area contributed by atoms with Gasteiger partial charge in [0.05, 0.1) is 28.2 Å². The van der Waals surface area contributed by atoms with Crippen molar-refractivity contribution in [2.24, 2.45) is 0 Å². The zero-order valence-electron chi connectivity index (χ0n) is 12.7. The van der Waals surface area contributed by atoms with Crippen molar-refractivity contribution < 1.29 is 18.0 Å². The molecule has 4 rings (SSSR count). The lowest BCUT2D eigenvalue weighted by atomic mass is 10.1. The van der Waals surface area contributed by atoms with E-state index in [4.69, 9.17) is 11.6 Å². The number of nitrogens with one attached hydrogen (secondary N) is 1. The highest BCUT2D eigenvalue weighted by molar-refractivity contribution is 7.21. The quantitative estimate of drug-likeness (QED) is 0.648. The van der Waals surface area contributed by atoms with Crippen molar-refractivity contribution in [2.75, 3.05) is 11.4 Å². The first-order valence-corrected chi connectivity index (χ1v) is 8.69. The highest BCUT2D eigenvalue weighted by Gasteiger charge is 2.32. The van der Waals surface area contributed by atoms with Gasteiger partial charge >= 0.3 is 6.18 Å². The van der Waals surface area contributed by atoms with E-state index in [1.807, 2.05) is 0 Å². The molecule has 0 atom stereocenters. The minimum Gasteiger partial charge on any atom is -0.304 e. The molecule has 3 aromatic rings. The standard InChI is InChI=1S/C16H11ClF3N3OS/c17-13-9-4-3-8(16(18,19)20)6-12(9)25-14(13)15(24)23-5-1-2-10-11(23)7-21-22-10/h3-4,6-7H,1-2,5H2,(H,21,22). The normalized spacial score (nSPS) is 14.8. The van der Waals surface area contributed by atoms with Gasteiger partial charge in [-0.15, -0.1) is 11.3 Å². The summed E-state index contributed by atoms with van der Waals surface area (Å²) < 4.78 is 39.0. The molecule has 130 valence electrons. The molecule has 1 N–H and O–H groups in total. The van der Waals surface area contributed by atoms with Gasteiger partial charge in [-0.2, -0.15) is 18.3 Å². The molecule has 0 aliphatic carbocycles. The van der Waals surface area contributed by atoms with Crippen LogP contribution in [0.5, 0.6) is 0 Å². The SMILES string of the molecule is O=C(c1sc2cc(C(F)(F)F)ccc2c1Cl)N1CCCc2[nH]ncc21. The summed E-state index contributed by atoms with van der Waals surface area (Å²) in [5, 5.41) is 7.46. The van der Waals surface area contributed by atoms with E-state index in [1.54, 1.807) is 11.1 Å². The lowest BCUT2D eigenvalue weighted by Crippen LogP contribution is -2.34. The van der Waals surface area contributed by atoms with Gasteiger partial charge in [0.2, 0.25) is 0 Å². The smallest absolute Gasteiger partial charge is 0.304 e. The van der Waals surface area contributed by atoms with Crippen LogP contribution >= 0.6 is 22.9 Å². The number of amides is 1. The third-order valence-electron chi connectivity index (χ3n) is 4.19. The highest BCUT2D eigenvalue weighted by Crippen LogP contribution is 2.40. The number of carbonyl (C=O) groups excluding carboxylic acids is 1. The van der Waals surface area contributed by atoms with E-state index in [0.717, 1.165) is 42.0 Å². The van der Waals surface area contributed by atoms with Crippen LogP contribution in [0.2, 0.25) is 5.02 Å². The lowest BCUT2D eigenvalue weighted by molar-refractivity contribution is -0.137. The Hall–Kier alpha value is -2.06. The number of hydrogen-bond donors (Lipinski definition) is 1. The molecule has 1 amide bonds. The number of anilines is 1. The highest BCUT2D eigenvalue weighted by atomic mass is 35.5. The minimum absolute atomic E-state index is 0.189. The first-order chi connectivity index (χ1) is 11.9. The molecule has 0 bridgehead atoms. The Morgan fingerprint density at radius 2 is 2.16 bits per heavy atom. The molecule has 0 saturated heterocycles.